The van der Waals surface area contributed by atoms with Crippen LogP contribution in [0.5, 0.6) is 0 Å². The number of benzene rings is 3. The van der Waals surface area contributed by atoms with Crippen LogP contribution in [0.1, 0.15) is 163 Å². The van der Waals surface area contributed by atoms with Gasteiger partial charge in [-0.15, -0.1) is 0 Å². The third-order valence-corrected chi connectivity index (χ3v) is 15.2. The van der Waals surface area contributed by atoms with E-state index in [1.54, 1.807) is 64.4 Å². The zero-order valence-electron chi connectivity index (χ0n) is 51.8. The van der Waals surface area contributed by atoms with Crippen molar-refractivity contribution in [1.29, 1.82) is 0 Å². The van der Waals surface area contributed by atoms with E-state index in [1.165, 1.54) is 55.2 Å². The minimum atomic E-state index is -0.379. The van der Waals surface area contributed by atoms with Crippen LogP contribution in [0.4, 0.5) is 13.2 Å². The van der Waals surface area contributed by atoms with E-state index in [0.717, 1.165) is 50.5 Å². The highest BCUT2D eigenvalue weighted by Crippen LogP contribution is 2.32. The number of aromatic nitrogens is 9. The molecule has 6 aromatic heterocycles. The zero-order chi connectivity index (χ0) is 66.8. The summed E-state index contributed by atoms with van der Waals surface area (Å²) in [6, 6.07) is 21.4. The molecule has 28 heteroatoms. The molecular weight excluding hydrogens is 1270 g/mol. The number of rotatable bonds is 33. The van der Waals surface area contributed by atoms with Crippen LogP contribution < -0.4 is 16.4 Å². The first-order valence-corrected chi connectivity index (χ1v) is 31.3. The lowest BCUT2D eigenvalue weighted by Gasteiger charge is -2.18. The van der Waals surface area contributed by atoms with E-state index >= 15 is 0 Å². The van der Waals surface area contributed by atoms with Crippen molar-refractivity contribution in [3.05, 3.63) is 177 Å². The van der Waals surface area contributed by atoms with E-state index in [9.17, 15) is 37.1 Å². The summed E-state index contributed by atoms with van der Waals surface area (Å²) in [6.07, 6.45) is 14.3. The highest BCUT2D eigenvalue weighted by atomic mass is 35.5. The molecule has 7 N–H and O–H groups in total. The number of nitrogens with two attached hydrogens (primary N) is 1. The Balaban J connectivity index is 0.000000199. The Kier molecular flexibility index (Phi) is 28.3. The summed E-state index contributed by atoms with van der Waals surface area (Å²) in [5, 5.41) is 18.0. The second-order valence-corrected chi connectivity index (χ2v) is 23.6. The summed E-state index contributed by atoms with van der Waals surface area (Å²) in [6.45, 7) is 0.476. The third kappa shape index (κ3) is 23.2. The summed E-state index contributed by atoms with van der Waals surface area (Å²) in [7, 11) is 7.27. The average molecular weight is 1340 g/mol. The molecule has 2 amide bonds. The molecule has 0 saturated heterocycles. The summed E-state index contributed by atoms with van der Waals surface area (Å²) < 4.78 is 53.7. The SMILES string of the molecule is CN(C)CC(=O)N[C@@H](CCCCCC(=O)c1ccon1)c1nc(-c2ccc(F)cc2)c(Cl)[nH]1.CN(C)CC(=O)N[C@@H](CCCCCC(=O)c1ccon1)c1nc(-c2ccc(F)cc2)c(Cl)[nH]1.N[C@@H](CCCCCC(=O)c1ccon1)c1nc(-c2ccc(F)cc2)c(Cl)[nH]1. The van der Waals surface area contributed by atoms with Crippen LogP contribution >= 0.6 is 34.8 Å². The lowest BCUT2D eigenvalue weighted by atomic mass is 10.0. The van der Waals surface area contributed by atoms with Gasteiger partial charge in [0.2, 0.25) is 11.8 Å². The molecular formula is C65H74Cl3F3N14O8. The monoisotopic (exact) mass is 1340 g/mol. The van der Waals surface area contributed by atoms with Crippen LogP contribution in [0.15, 0.2) is 123 Å². The van der Waals surface area contributed by atoms with Crippen molar-refractivity contribution in [1.82, 2.24) is 65.8 Å². The molecule has 6 heterocycles. The first-order chi connectivity index (χ1) is 44.7. The van der Waals surface area contributed by atoms with Crippen molar-refractivity contribution in [2.45, 2.75) is 114 Å². The number of imidazole rings is 3. The van der Waals surface area contributed by atoms with Gasteiger partial charge in [-0.2, -0.15) is 0 Å². The molecule has 0 spiro atoms. The number of aromatic amines is 3. The lowest BCUT2D eigenvalue weighted by molar-refractivity contribution is -0.123. The Bertz CT molecular complexity index is 3580. The number of halogens is 6. The van der Waals surface area contributed by atoms with Gasteiger partial charge in [0, 0.05) is 54.2 Å². The first kappa shape index (κ1) is 71.8. The Morgan fingerprint density at radius 3 is 1.05 bits per heavy atom. The van der Waals surface area contributed by atoms with Gasteiger partial charge < -0.3 is 54.7 Å². The first-order valence-electron chi connectivity index (χ1n) is 30.2. The number of unbranched alkanes of at least 4 members (excludes halogenated alkanes) is 6. The van der Waals surface area contributed by atoms with Gasteiger partial charge >= 0.3 is 0 Å². The summed E-state index contributed by atoms with van der Waals surface area (Å²) in [5.74, 6) is 0.252. The molecule has 0 bridgehead atoms. The van der Waals surface area contributed by atoms with Gasteiger partial charge in [0.15, 0.2) is 17.3 Å². The van der Waals surface area contributed by atoms with Gasteiger partial charge in [-0.05, 0) is 140 Å². The quantitative estimate of drug-likeness (QED) is 0.0164. The van der Waals surface area contributed by atoms with Gasteiger partial charge in [-0.1, -0.05) is 88.8 Å². The standard InChI is InChI=1S/2C23H27ClFN5O3.C19H20ClFN4O2/c2*1-30(2)14-20(32)26-18(6-4-3-5-7-19(31)17-12-13-33-29-17)23-27-21(22(24)28-23)15-8-10-16(25)11-9-15;20-18-17(12-6-8-13(21)9-7-12)23-19(24-18)14(22)4-2-1-3-5-16(26)15-10-11-27-25-15/h2*8-13,18H,3-7,14H2,1-2H3,(H,26,32)(H,27,28);6-11,14H,1-5,22H2,(H,23,24)/t2*18-;14-/m000/s1. The van der Waals surface area contributed by atoms with Crippen LogP contribution in [0.3, 0.4) is 0 Å². The van der Waals surface area contributed by atoms with Crippen molar-refractivity contribution in [3.8, 4) is 33.8 Å². The molecule has 3 aromatic carbocycles. The highest BCUT2D eigenvalue weighted by molar-refractivity contribution is 6.32. The van der Waals surface area contributed by atoms with Gasteiger partial charge in [-0.3, -0.25) is 24.0 Å². The van der Waals surface area contributed by atoms with Crippen LogP contribution in [0.25, 0.3) is 33.8 Å². The molecule has 0 saturated carbocycles. The number of carbonyl (C=O) groups is 5. The zero-order valence-corrected chi connectivity index (χ0v) is 54.1. The maximum atomic E-state index is 13.3. The van der Waals surface area contributed by atoms with Crippen LogP contribution in [0, 0.1) is 17.5 Å². The van der Waals surface area contributed by atoms with E-state index in [-0.39, 0.29) is 77.8 Å². The summed E-state index contributed by atoms with van der Waals surface area (Å²) in [5.41, 5.74) is 10.9. The lowest BCUT2D eigenvalue weighted by Crippen LogP contribution is -2.36. The van der Waals surface area contributed by atoms with Crippen LogP contribution in [0.2, 0.25) is 15.5 Å². The highest BCUT2D eigenvalue weighted by Gasteiger charge is 2.24. The fourth-order valence-corrected chi connectivity index (χ4v) is 10.4. The second kappa shape index (κ2) is 36.6. The smallest absolute Gasteiger partial charge is 0.234 e. The third-order valence-electron chi connectivity index (χ3n) is 14.4. The summed E-state index contributed by atoms with van der Waals surface area (Å²) in [4.78, 5) is 87.0. The predicted molar refractivity (Wildman–Crippen MR) is 345 cm³/mol. The molecule has 0 aliphatic carbocycles. The van der Waals surface area contributed by atoms with Gasteiger partial charge in [0.05, 0.1) is 31.2 Å². The van der Waals surface area contributed by atoms with E-state index in [1.807, 2.05) is 28.2 Å². The molecule has 0 fully saturated rings. The molecule has 0 radical (unpaired) electrons. The number of Topliss-reactive ketones (excluding diaryl/α,β-unsaturated/α-hetero) is 3. The van der Waals surface area contributed by atoms with E-state index in [4.69, 9.17) is 49.6 Å². The molecule has 9 aromatic rings. The minimum Gasteiger partial charge on any atom is -0.364 e. The average Bonchev–Trinajstić information content (AvgIpc) is 1.80. The van der Waals surface area contributed by atoms with Gasteiger partial charge in [0.1, 0.15) is 103 Å². The number of amides is 2. The number of nitrogens with zero attached hydrogens (tertiary/aromatic N) is 8. The van der Waals surface area contributed by atoms with Crippen molar-refractivity contribution in [3.63, 3.8) is 0 Å². The molecule has 0 aliphatic rings. The van der Waals surface area contributed by atoms with E-state index in [2.05, 4.69) is 60.5 Å². The summed E-state index contributed by atoms with van der Waals surface area (Å²) >= 11 is 18.9. The molecule has 9 rings (SSSR count). The van der Waals surface area contributed by atoms with Crippen LogP contribution in [-0.4, -0.2) is 126 Å². The van der Waals surface area contributed by atoms with Crippen molar-refractivity contribution in [2.24, 2.45) is 5.73 Å². The molecule has 0 aliphatic heterocycles. The normalized spacial score (nSPS) is 12.2. The fraction of sp³-hybridized carbons (Fsp3) is 0.369. The van der Waals surface area contributed by atoms with Crippen LogP contribution in [-0.2, 0) is 9.59 Å². The number of ketones is 3. The Labute approximate surface area is 550 Å². The maximum absolute atomic E-state index is 13.3. The number of carbonyl (C=O) groups excluding carboxylic acids is 5. The Hall–Kier alpha value is -8.59. The largest absolute Gasteiger partial charge is 0.364 e. The predicted octanol–water partition coefficient (Wildman–Crippen LogP) is 13.5. The second-order valence-electron chi connectivity index (χ2n) is 22.4. The van der Waals surface area contributed by atoms with Gasteiger partial charge in [0.25, 0.3) is 0 Å². The number of likely N-dealkylation sites (N-methyl/N-ethyl adjacent to an activating group) is 2. The molecule has 494 valence electrons. The molecule has 0 unspecified atom stereocenters. The minimum absolute atomic E-state index is 0.0187. The number of H-pyrrole nitrogens is 3. The number of hydrogen-bond acceptors (Lipinski definition) is 17. The topological polar surface area (TPSA) is 306 Å². The Morgan fingerprint density at radius 2 is 0.753 bits per heavy atom. The van der Waals surface area contributed by atoms with Crippen molar-refractivity contribution < 1.29 is 50.7 Å². The molecule has 22 nitrogen and oxygen atoms in total. The maximum Gasteiger partial charge on any atom is 0.234 e. The van der Waals surface area contributed by atoms with E-state index in [0.29, 0.717) is 130 Å². The molecule has 93 heavy (non-hydrogen) atoms. The number of hydrogen-bond donors (Lipinski definition) is 6. The van der Waals surface area contributed by atoms with Crippen molar-refractivity contribution in [2.75, 3.05) is 41.3 Å². The fourth-order valence-electron chi connectivity index (χ4n) is 9.66. The number of nitrogens with one attached hydrogen (secondary N) is 5. The van der Waals surface area contributed by atoms with E-state index < -0.39 is 0 Å². The van der Waals surface area contributed by atoms with Gasteiger partial charge in [-0.25, -0.2) is 28.1 Å². The Morgan fingerprint density at radius 1 is 0.452 bits per heavy atom. The van der Waals surface area contributed by atoms with Crippen molar-refractivity contribution >= 4 is 64.0 Å². The molecule has 3 atom stereocenters.